The molecule has 5 heteroatoms. The molecule has 0 aromatic rings. The van der Waals surface area contributed by atoms with Crippen molar-refractivity contribution in [3.8, 4) is 0 Å². The number of rotatable bonds is 2. The summed E-state index contributed by atoms with van der Waals surface area (Å²) >= 11 is 0. The zero-order chi connectivity index (χ0) is 8.43. The first kappa shape index (κ1) is 7.84. The van der Waals surface area contributed by atoms with Crippen LogP contribution in [-0.2, 0) is 4.79 Å². The molecular weight excluding hydrogens is 146 g/mol. The van der Waals surface area contributed by atoms with Crippen LogP contribution in [0.5, 0.6) is 0 Å². The minimum absolute atomic E-state index is 0.0659. The summed E-state index contributed by atoms with van der Waals surface area (Å²) in [7, 11) is 0. The monoisotopic (exact) mass is 157 g/mol. The molecule has 0 radical (unpaired) electrons. The maximum atomic E-state index is 11.1. The maximum Gasteiger partial charge on any atom is 0.312 e. The van der Waals surface area contributed by atoms with E-state index in [0.717, 1.165) is 13.1 Å². The molecule has 0 bridgehead atoms. The molecule has 11 heavy (non-hydrogen) atoms. The number of carbonyl (C=O) groups is 2. The standard InChI is InChI=1S/C6H11N3O2/c1-4(8-6(7)11)5(10)9-2-3-9/h4H,2-3H2,1H3,(H3,7,8,11). The van der Waals surface area contributed by atoms with Crippen LogP contribution in [0.15, 0.2) is 0 Å². The summed E-state index contributed by atoms with van der Waals surface area (Å²) in [5, 5.41) is 2.31. The predicted octanol–water partition coefficient (Wildman–Crippen LogP) is -1.11. The second kappa shape index (κ2) is 2.77. The first-order chi connectivity index (χ1) is 5.11. The van der Waals surface area contributed by atoms with Gasteiger partial charge in [0.2, 0.25) is 5.91 Å². The molecule has 1 rings (SSSR count). The molecule has 1 atom stereocenters. The van der Waals surface area contributed by atoms with E-state index in [4.69, 9.17) is 5.73 Å². The van der Waals surface area contributed by atoms with Crippen molar-refractivity contribution in [2.24, 2.45) is 5.73 Å². The van der Waals surface area contributed by atoms with E-state index in [-0.39, 0.29) is 5.91 Å². The molecule has 5 nitrogen and oxygen atoms in total. The van der Waals surface area contributed by atoms with E-state index in [2.05, 4.69) is 5.32 Å². The molecular formula is C6H11N3O2. The van der Waals surface area contributed by atoms with Crippen molar-refractivity contribution in [1.82, 2.24) is 10.2 Å². The van der Waals surface area contributed by atoms with Crippen LogP contribution in [0.2, 0.25) is 0 Å². The third-order valence-electron chi connectivity index (χ3n) is 1.49. The lowest BCUT2D eigenvalue weighted by molar-refractivity contribution is -0.127. The zero-order valence-electron chi connectivity index (χ0n) is 6.33. The summed E-state index contributed by atoms with van der Waals surface area (Å²) in [5.41, 5.74) is 4.83. The fraction of sp³-hybridized carbons (Fsp3) is 0.667. The molecule has 0 spiro atoms. The van der Waals surface area contributed by atoms with Crippen LogP contribution in [0, 0.1) is 0 Å². The van der Waals surface area contributed by atoms with Gasteiger partial charge in [-0.25, -0.2) is 4.79 Å². The summed E-state index contributed by atoms with van der Waals surface area (Å²) in [4.78, 5) is 23.0. The molecule has 1 heterocycles. The van der Waals surface area contributed by atoms with E-state index < -0.39 is 12.1 Å². The van der Waals surface area contributed by atoms with Crippen LogP contribution in [0.1, 0.15) is 6.92 Å². The van der Waals surface area contributed by atoms with Gasteiger partial charge in [-0.1, -0.05) is 0 Å². The third kappa shape index (κ3) is 2.10. The first-order valence-electron chi connectivity index (χ1n) is 3.46. The number of hydrogen-bond acceptors (Lipinski definition) is 2. The third-order valence-corrected chi connectivity index (χ3v) is 1.49. The summed E-state index contributed by atoms with van der Waals surface area (Å²) in [5.74, 6) is -0.0659. The molecule has 0 aromatic heterocycles. The zero-order valence-corrected chi connectivity index (χ0v) is 6.33. The van der Waals surface area contributed by atoms with Gasteiger partial charge in [0.1, 0.15) is 6.04 Å². The number of hydrogen-bond donors (Lipinski definition) is 2. The van der Waals surface area contributed by atoms with E-state index in [9.17, 15) is 9.59 Å². The Morgan fingerprint density at radius 2 is 2.09 bits per heavy atom. The highest BCUT2D eigenvalue weighted by molar-refractivity contribution is 5.87. The minimum atomic E-state index is -0.660. The second-order valence-electron chi connectivity index (χ2n) is 2.56. The fourth-order valence-corrected chi connectivity index (χ4v) is 0.819. The van der Waals surface area contributed by atoms with Crippen molar-refractivity contribution in [3.63, 3.8) is 0 Å². The van der Waals surface area contributed by atoms with Crippen LogP contribution in [0.4, 0.5) is 4.79 Å². The molecule has 1 unspecified atom stereocenters. The molecule has 1 fully saturated rings. The molecule has 0 aliphatic carbocycles. The second-order valence-corrected chi connectivity index (χ2v) is 2.56. The Balaban J connectivity index is 2.33. The molecule has 62 valence electrons. The van der Waals surface area contributed by atoms with Gasteiger partial charge in [0.15, 0.2) is 0 Å². The van der Waals surface area contributed by atoms with Crippen molar-refractivity contribution in [2.75, 3.05) is 13.1 Å². The Morgan fingerprint density at radius 1 is 1.55 bits per heavy atom. The average molecular weight is 157 g/mol. The van der Waals surface area contributed by atoms with Crippen molar-refractivity contribution in [3.05, 3.63) is 0 Å². The molecule has 1 saturated heterocycles. The smallest absolute Gasteiger partial charge is 0.312 e. The number of urea groups is 1. The van der Waals surface area contributed by atoms with Crippen LogP contribution >= 0.6 is 0 Å². The van der Waals surface area contributed by atoms with Crippen molar-refractivity contribution in [2.45, 2.75) is 13.0 Å². The lowest BCUT2D eigenvalue weighted by atomic mass is 10.3. The van der Waals surface area contributed by atoms with Crippen LogP contribution in [-0.4, -0.2) is 36.0 Å². The van der Waals surface area contributed by atoms with E-state index in [0.29, 0.717) is 0 Å². The van der Waals surface area contributed by atoms with E-state index in [1.54, 1.807) is 11.8 Å². The molecule has 3 N–H and O–H groups in total. The lowest BCUT2D eigenvalue weighted by Crippen LogP contribution is -2.43. The van der Waals surface area contributed by atoms with Crippen molar-refractivity contribution < 1.29 is 9.59 Å². The lowest BCUT2D eigenvalue weighted by Gasteiger charge is -2.10. The van der Waals surface area contributed by atoms with Gasteiger partial charge < -0.3 is 16.0 Å². The topological polar surface area (TPSA) is 75.2 Å². The molecule has 0 saturated carbocycles. The number of amides is 3. The van der Waals surface area contributed by atoms with E-state index in [1.807, 2.05) is 0 Å². The van der Waals surface area contributed by atoms with Crippen molar-refractivity contribution >= 4 is 11.9 Å². The highest BCUT2D eigenvalue weighted by Gasteiger charge is 2.28. The number of carbonyl (C=O) groups excluding carboxylic acids is 2. The summed E-state index contributed by atoms with van der Waals surface area (Å²) in [6.45, 7) is 3.21. The average Bonchev–Trinajstić information content (AvgIpc) is 2.65. The maximum absolute atomic E-state index is 11.1. The van der Waals surface area contributed by atoms with E-state index >= 15 is 0 Å². The Hall–Kier alpha value is -1.26. The molecule has 3 amide bonds. The summed E-state index contributed by atoms with van der Waals surface area (Å²) < 4.78 is 0. The van der Waals surface area contributed by atoms with Gasteiger partial charge in [0.05, 0.1) is 0 Å². The highest BCUT2D eigenvalue weighted by atomic mass is 16.2. The number of nitrogens with two attached hydrogens (primary N) is 1. The number of primary amides is 1. The molecule has 1 aliphatic heterocycles. The fourth-order valence-electron chi connectivity index (χ4n) is 0.819. The minimum Gasteiger partial charge on any atom is -0.352 e. The van der Waals surface area contributed by atoms with Crippen LogP contribution < -0.4 is 11.1 Å². The van der Waals surface area contributed by atoms with E-state index in [1.165, 1.54) is 0 Å². The number of nitrogens with one attached hydrogen (secondary N) is 1. The Labute approximate surface area is 64.5 Å². The van der Waals surface area contributed by atoms with Gasteiger partial charge in [0.25, 0.3) is 0 Å². The van der Waals surface area contributed by atoms with Crippen LogP contribution in [0.3, 0.4) is 0 Å². The summed E-state index contributed by atoms with van der Waals surface area (Å²) in [6, 6.07) is -1.15. The Kier molecular flexibility index (Phi) is 1.98. The predicted molar refractivity (Wildman–Crippen MR) is 38.8 cm³/mol. The SMILES string of the molecule is CC(NC(N)=O)C(=O)N1CC1. The van der Waals surface area contributed by atoms with Crippen LogP contribution in [0.25, 0.3) is 0 Å². The van der Waals surface area contributed by atoms with Gasteiger partial charge in [-0.2, -0.15) is 0 Å². The Bertz CT molecular complexity index is 188. The normalized spacial score (nSPS) is 17.4. The van der Waals surface area contributed by atoms with Crippen molar-refractivity contribution in [1.29, 1.82) is 0 Å². The Morgan fingerprint density at radius 3 is 2.45 bits per heavy atom. The van der Waals surface area contributed by atoms with Gasteiger partial charge in [-0.15, -0.1) is 0 Å². The number of nitrogens with zero attached hydrogens (tertiary/aromatic N) is 1. The molecule has 1 aliphatic rings. The van der Waals surface area contributed by atoms with Gasteiger partial charge in [-0.3, -0.25) is 4.79 Å². The quantitative estimate of drug-likeness (QED) is 0.498. The largest absolute Gasteiger partial charge is 0.352 e. The first-order valence-corrected chi connectivity index (χ1v) is 3.46. The van der Waals surface area contributed by atoms with Gasteiger partial charge in [-0.05, 0) is 6.92 Å². The van der Waals surface area contributed by atoms with Gasteiger partial charge >= 0.3 is 6.03 Å². The summed E-state index contributed by atoms with van der Waals surface area (Å²) in [6.07, 6.45) is 0. The highest BCUT2D eigenvalue weighted by Crippen LogP contribution is 2.05. The van der Waals surface area contributed by atoms with Gasteiger partial charge in [0, 0.05) is 13.1 Å². The molecule has 0 aromatic carbocycles.